The van der Waals surface area contributed by atoms with Crippen molar-refractivity contribution in [3.8, 4) is 11.3 Å². The molecule has 0 bridgehead atoms. The summed E-state index contributed by atoms with van der Waals surface area (Å²) in [6, 6.07) is 6.53. The standard InChI is InChI=1S/C11H10Br2N4/c12-9-2-1-7(3-10(9)13)11-6-17(16-15-11)8-4-14-5-8/h1-3,6,8,14H,4-5H2. The maximum absolute atomic E-state index is 4.21. The van der Waals surface area contributed by atoms with Crippen molar-refractivity contribution in [3.63, 3.8) is 0 Å². The number of hydrogen-bond donors (Lipinski definition) is 1. The van der Waals surface area contributed by atoms with Gasteiger partial charge in [0.15, 0.2) is 0 Å². The first-order valence-electron chi connectivity index (χ1n) is 5.32. The second kappa shape index (κ2) is 4.51. The Labute approximate surface area is 116 Å². The molecule has 1 saturated heterocycles. The van der Waals surface area contributed by atoms with Crippen molar-refractivity contribution >= 4 is 31.9 Å². The molecule has 0 aliphatic carbocycles. The van der Waals surface area contributed by atoms with Gasteiger partial charge in [0.25, 0.3) is 0 Å². The molecule has 17 heavy (non-hydrogen) atoms. The number of benzene rings is 1. The minimum Gasteiger partial charge on any atom is -0.312 e. The molecule has 1 aliphatic heterocycles. The SMILES string of the molecule is Brc1ccc(-c2cn(C3CNC3)nn2)cc1Br. The van der Waals surface area contributed by atoms with Crippen LogP contribution in [0.3, 0.4) is 0 Å². The summed E-state index contributed by atoms with van der Waals surface area (Å²) in [5, 5.41) is 11.6. The number of hydrogen-bond acceptors (Lipinski definition) is 3. The van der Waals surface area contributed by atoms with Crippen LogP contribution in [0.25, 0.3) is 11.3 Å². The van der Waals surface area contributed by atoms with Gasteiger partial charge in [0.2, 0.25) is 0 Å². The highest BCUT2D eigenvalue weighted by Crippen LogP contribution is 2.28. The minimum absolute atomic E-state index is 0.454. The molecule has 0 amide bonds. The van der Waals surface area contributed by atoms with E-state index in [1.165, 1.54) is 0 Å². The van der Waals surface area contributed by atoms with Gasteiger partial charge in [0.1, 0.15) is 5.69 Å². The predicted molar refractivity (Wildman–Crippen MR) is 72.8 cm³/mol. The second-order valence-corrected chi connectivity index (χ2v) is 5.73. The minimum atomic E-state index is 0.454. The highest BCUT2D eigenvalue weighted by molar-refractivity contribution is 9.13. The van der Waals surface area contributed by atoms with E-state index in [-0.39, 0.29) is 0 Å². The smallest absolute Gasteiger partial charge is 0.113 e. The summed E-state index contributed by atoms with van der Waals surface area (Å²) in [7, 11) is 0. The van der Waals surface area contributed by atoms with E-state index < -0.39 is 0 Å². The Kier molecular flexibility index (Phi) is 3.02. The number of halogens is 2. The number of nitrogens with zero attached hydrogens (tertiary/aromatic N) is 3. The Bertz CT molecular complexity index is 548. The first-order valence-corrected chi connectivity index (χ1v) is 6.90. The van der Waals surface area contributed by atoms with E-state index in [0.29, 0.717) is 6.04 Å². The fourth-order valence-electron chi connectivity index (χ4n) is 1.70. The third kappa shape index (κ3) is 2.17. The van der Waals surface area contributed by atoms with Gasteiger partial charge in [-0.15, -0.1) is 5.10 Å². The molecule has 2 heterocycles. The predicted octanol–water partition coefficient (Wildman–Crippen LogP) is 2.61. The Morgan fingerprint density at radius 1 is 1.24 bits per heavy atom. The molecular formula is C11H10Br2N4. The molecule has 2 aromatic rings. The first-order chi connectivity index (χ1) is 8.24. The molecule has 1 fully saturated rings. The van der Waals surface area contributed by atoms with Crippen molar-refractivity contribution < 1.29 is 0 Å². The van der Waals surface area contributed by atoms with E-state index in [1.54, 1.807) is 0 Å². The summed E-state index contributed by atoms with van der Waals surface area (Å²) >= 11 is 6.95. The molecule has 3 rings (SSSR count). The highest BCUT2D eigenvalue weighted by Gasteiger charge is 2.20. The van der Waals surface area contributed by atoms with Crippen molar-refractivity contribution in [2.24, 2.45) is 0 Å². The van der Waals surface area contributed by atoms with Crippen LogP contribution in [0.2, 0.25) is 0 Å². The Morgan fingerprint density at radius 2 is 2.06 bits per heavy atom. The van der Waals surface area contributed by atoms with Crippen molar-refractivity contribution in [3.05, 3.63) is 33.3 Å². The van der Waals surface area contributed by atoms with Crippen molar-refractivity contribution in [2.45, 2.75) is 6.04 Å². The summed E-state index contributed by atoms with van der Waals surface area (Å²) < 4.78 is 3.99. The van der Waals surface area contributed by atoms with E-state index in [1.807, 2.05) is 29.1 Å². The summed E-state index contributed by atoms with van der Waals surface area (Å²) in [5.41, 5.74) is 1.98. The average Bonchev–Trinajstić information content (AvgIpc) is 2.69. The first kappa shape index (κ1) is 11.4. The van der Waals surface area contributed by atoms with Crippen molar-refractivity contribution in [2.75, 3.05) is 13.1 Å². The number of aromatic nitrogens is 3. The van der Waals surface area contributed by atoms with E-state index >= 15 is 0 Å². The van der Waals surface area contributed by atoms with Crippen LogP contribution in [0.15, 0.2) is 33.3 Å². The topological polar surface area (TPSA) is 42.7 Å². The normalized spacial score (nSPS) is 15.9. The molecule has 1 N–H and O–H groups in total. The van der Waals surface area contributed by atoms with Crippen LogP contribution in [0, 0.1) is 0 Å². The zero-order valence-electron chi connectivity index (χ0n) is 8.90. The lowest BCUT2D eigenvalue weighted by atomic mass is 10.1. The van der Waals surface area contributed by atoms with Crippen LogP contribution in [-0.4, -0.2) is 28.1 Å². The second-order valence-electron chi connectivity index (χ2n) is 4.02. The van der Waals surface area contributed by atoms with Gasteiger partial charge in [-0.05, 0) is 44.0 Å². The molecule has 0 radical (unpaired) electrons. The Hall–Kier alpha value is -0.720. The fourth-order valence-corrected chi connectivity index (χ4v) is 2.33. The maximum Gasteiger partial charge on any atom is 0.113 e. The summed E-state index contributed by atoms with van der Waals surface area (Å²) in [4.78, 5) is 0. The van der Waals surface area contributed by atoms with E-state index in [2.05, 4.69) is 47.5 Å². The summed E-state index contributed by atoms with van der Waals surface area (Å²) in [6.07, 6.45) is 2.00. The summed E-state index contributed by atoms with van der Waals surface area (Å²) in [6.45, 7) is 1.96. The molecule has 0 saturated carbocycles. The van der Waals surface area contributed by atoms with Crippen LogP contribution < -0.4 is 5.32 Å². The molecule has 4 nitrogen and oxygen atoms in total. The van der Waals surface area contributed by atoms with Gasteiger partial charge >= 0.3 is 0 Å². The van der Waals surface area contributed by atoms with E-state index in [4.69, 9.17) is 0 Å². The van der Waals surface area contributed by atoms with Crippen LogP contribution in [0.1, 0.15) is 6.04 Å². The van der Waals surface area contributed by atoms with Crippen molar-refractivity contribution in [1.82, 2.24) is 20.3 Å². The van der Waals surface area contributed by atoms with E-state index in [9.17, 15) is 0 Å². The van der Waals surface area contributed by atoms with Crippen LogP contribution in [-0.2, 0) is 0 Å². The maximum atomic E-state index is 4.21. The largest absolute Gasteiger partial charge is 0.312 e. The van der Waals surface area contributed by atoms with E-state index in [0.717, 1.165) is 33.3 Å². The molecule has 0 unspecified atom stereocenters. The monoisotopic (exact) mass is 356 g/mol. The molecule has 88 valence electrons. The molecule has 1 aromatic carbocycles. The number of nitrogens with one attached hydrogen (secondary N) is 1. The fraction of sp³-hybridized carbons (Fsp3) is 0.273. The zero-order chi connectivity index (χ0) is 11.8. The van der Waals surface area contributed by atoms with Gasteiger partial charge in [0.05, 0.1) is 12.2 Å². The Balaban J connectivity index is 1.92. The van der Waals surface area contributed by atoms with Gasteiger partial charge in [-0.25, -0.2) is 4.68 Å². The third-order valence-corrected chi connectivity index (χ3v) is 4.74. The molecule has 1 aromatic heterocycles. The van der Waals surface area contributed by atoms with Crippen LogP contribution in [0.5, 0.6) is 0 Å². The van der Waals surface area contributed by atoms with Crippen LogP contribution in [0.4, 0.5) is 0 Å². The molecule has 0 atom stereocenters. The van der Waals surface area contributed by atoms with Gasteiger partial charge in [-0.3, -0.25) is 0 Å². The third-order valence-electron chi connectivity index (χ3n) is 2.86. The van der Waals surface area contributed by atoms with Gasteiger partial charge in [-0.1, -0.05) is 11.3 Å². The lowest BCUT2D eigenvalue weighted by molar-refractivity contribution is 0.313. The zero-order valence-corrected chi connectivity index (χ0v) is 12.1. The lowest BCUT2D eigenvalue weighted by Crippen LogP contribution is -2.43. The Morgan fingerprint density at radius 3 is 2.71 bits per heavy atom. The van der Waals surface area contributed by atoms with Gasteiger partial charge in [0, 0.05) is 27.6 Å². The summed E-state index contributed by atoms with van der Waals surface area (Å²) in [5.74, 6) is 0. The molecule has 6 heteroatoms. The molecule has 0 spiro atoms. The van der Waals surface area contributed by atoms with Gasteiger partial charge < -0.3 is 5.32 Å². The van der Waals surface area contributed by atoms with Crippen LogP contribution >= 0.6 is 31.9 Å². The quantitative estimate of drug-likeness (QED) is 0.898. The highest BCUT2D eigenvalue weighted by atomic mass is 79.9. The van der Waals surface area contributed by atoms with Gasteiger partial charge in [-0.2, -0.15) is 0 Å². The average molecular weight is 358 g/mol. The number of rotatable bonds is 2. The molecular weight excluding hydrogens is 348 g/mol. The van der Waals surface area contributed by atoms with Crippen molar-refractivity contribution in [1.29, 1.82) is 0 Å². The lowest BCUT2D eigenvalue weighted by Gasteiger charge is -2.26. The molecule has 1 aliphatic rings.